The number of alkyl carbamates (subject to hydrolysis) is 1. The van der Waals surface area contributed by atoms with E-state index in [1.165, 1.54) is 6.21 Å². The highest BCUT2D eigenvalue weighted by molar-refractivity contribution is 5.83. The van der Waals surface area contributed by atoms with E-state index >= 15 is 0 Å². The van der Waals surface area contributed by atoms with E-state index in [9.17, 15) is 14.4 Å². The lowest BCUT2D eigenvalue weighted by Crippen LogP contribution is -2.33. The molecule has 2 N–H and O–H groups in total. The van der Waals surface area contributed by atoms with Crippen molar-refractivity contribution >= 4 is 24.2 Å². The molecule has 0 aliphatic carbocycles. The van der Waals surface area contributed by atoms with Crippen LogP contribution in [-0.2, 0) is 19.1 Å². The zero-order chi connectivity index (χ0) is 23.2. The molecular weight excluding hydrogens is 414 g/mol. The molecule has 0 unspecified atom stereocenters. The number of carbonyl (C=O) groups excluding carboxylic acids is 3. The molecule has 9 heteroatoms. The lowest BCUT2D eigenvalue weighted by Gasteiger charge is -2.18. The fourth-order valence-corrected chi connectivity index (χ4v) is 2.66. The van der Waals surface area contributed by atoms with Crippen molar-refractivity contribution in [3.05, 3.63) is 65.7 Å². The number of nitrogens with zero attached hydrogens (tertiary/aromatic N) is 1. The summed E-state index contributed by atoms with van der Waals surface area (Å²) in [6.07, 6.45) is 0.868. The minimum absolute atomic E-state index is 0.0131. The van der Waals surface area contributed by atoms with Gasteiger partial charge in [0.1, 0.15) is 5.75 Å². The molecule has 0 aliphatic rings. The van der Waals surface area contributed by atoms with Gasteiger partial charge in [0.15, 0.2) is 6.61 Å². The third kappa shape index (κ3) is 8.86. The number of nitrogens with one attached hydrogen (secondary N) is 2. The van der Waals surface area contributed by atoms with Gasteiger partial charge in [-0.2, -0.15) is 5.10 Å². The number of hydrogen-bond donors (Lipinski definition) is 2. The largest absolute Gasteiger partial charge is 0.482 e. The van der Waals surface area contributed by atoms with Crippen LogP contribution in [0.15, 0.2) is 59.7 Å². The third-order valence-electron chi connectivity index (χ3n) is 4.10. The molecule has 0 saturated carbocycles. The Kier molecular flexibility index (Phi) is 10.2. The van der Waals surface area contributed by atoms with Crippen molar-refractivity contribution in [2.45, 2.75) is 26.3 Å². The highest BCUT2D eigenvalue weighted by atomic mass is 16.6. The molecule has 2 aromatic carbocycles. The van der Waals surface area contributed by atoms with Crippen LogP contribution in [0.25, 0.3) is 0 Å². The van der Waals surface area contributed by atoms with Crippen LogP contribution >= 0.6 is 0 Å². The van der Waals surface area contributed by atoms with Gasteiger partial charge < -0.3 is 19.5 Å². The van der Waals surface area contributed by atoms with Crippen molar-refractivity contribution in [1.29, 1.82) is 0 Å². The second-order valence-corrected chi connectivity index (χ2v) is 6.49. The Morgan fingerprint density at radius 2 is 1.66 bits per heavy atom. The summed E-state index contributed by atoms with van der Waals surface area (Å²) >= 11 is 0. The van der Waals surface area contributed by atoms with Crippen molar-refractivity contribution in [2.75, 3.05) is 19.8 Å². The monoisotopic (exact) mass is 441 g/mol. The highest BCUT2D eigenvalue weighted by Gasteiger charge is 2.18. The van der Waals surface area contributed by atoms with Gasteiger partial charge in [-0.1, -0.05) is 30.3 Å². The van der Waals surface area contributed by atoms with E-state index in [1.807, 2.05) is 30.3 Å². The standard InChI is InChI=1S/C23H27N3O6/c1-3-30-22(28)16-32-19-12-10-17(11-13-19)15-24-26-21(27)14-20(25-23(29)31-4-2)18-8-6-5-7-9-18/h5-13,15,20H,3-4,14,16H2,1-2H3,(H,25,29)(H,26,27)/b24-15-/t20-/m0/s1. The van der Waals surface area contributed by atoms with E-state index in [-0.39, 0.29) is 25.5 Å². The minimum atomic E-state index is -0.595. The topological polar surface area (TPSA) is 115 Å². The van der Waals surface area contributed by atoms with Gasteiger partial charge in [0.25, 0.3) is 0 Å². The average Bonchev–Trinajstić information content (AvgIpc) is 2.79. The van der Waals surface area contributed by atoms with E-state index in [2.05, 4.69) is 15.8 Å². The van der Waals surface area contributed by atoms with Crippen LogP contribution in [0.3, 0.4) is 0 Å². The van der Waals surface area contributed by atoms with E-state index in [1.54, 1.807) is 38.1 Å². The van der Waals surface area contributed by atoms with E-state index in [4.69, 9.17) is 14.2 Å². The molecule has 2 aromatic rings. The first kappa shape index (κ1) is 24.4. The predicted molar refractivity (Wildman–Crippen MR) is 118 cm³/mol. The van der Waals surface area contributed by atoms with Crippen LogP contribution in [0, 0.1) is 0 Å². The van der Waals surface area contributed by atoms with Gasteiger partial charge in [-0.3, -0.25) is 4.79 Å². The molecule has 0 aromatic heterocycles. The average molecular weight is 441 g/mol. The van der Waals surface area contributed by atoms with Crippen LogP contribution in [0.2, 0.25) is 0 Å². The molecule has 0 radical (unpaired) electrons. The Morgan fingerprint density at radius 3 is 2.31 bits per heavy atom. The first-order chi connectivity index (χ1) is 15.5. The summed E-state index contributed by atoms with van der Waals surface area (Å²) in [5.41, 5.74) is 3.95. The summed E-state index contributed by atoms with van der Waals surface area (Å²) in [6.45, 7) is 3.80. The number of ether oxygens (including phenoxy) is 3. The van der Waals surface area contributed by atoms with Gasteiger partial charge >= 0.3 is 12.1 Å². The molecule has 1 atom stereocenters. The summed E-state index contributed by atoms with van der Waals surface area (Å²) in [6, 6.07) is 15.4. The normalized spacial score (nSPS) is 11.4. The molecule has 0 heterocycles. The third-order valence-corrected chi connectivity index (χ3v) is 4.10. The van der Waals surface area contributed by atoms with Gasteiger partial charge in [0, 0.05) is 0 Å². The van der Waals surface area contributed by atoms with Crippen LogP contribution in [-0.4, -0.2) is 44.0 Å². The number of amides is 2. The summed E-state index contributed by atoms with van der Waals surface area (Å²) in [5.74, 6) is -0.302. The Morgan fingerprint density at radius 1 is 0.969 bits per heavy atom. The Hall–Kier alpha value is -3.88. The van der Waals surface area contributed by atoms with Crippen molar-refractivity contribution < 1.29 is 28.6 Å². The Balaban J connectivity index is 1.88. The Labute approximate surface area is 186 Å². The molecule has 9 nitrogen and oxygen atoms in total. The van der Waals surface area contributed by atoms with Crippen molar-refractivity contribution in [1.82, 2.24) is 10.7 Å². The first-order valence-corrected chi connectivity index (χ1v) is 10.2. The van der Waals surface area contributed by atoms with Crippen molar-refractivity contribution in [3.8, 4) is 5.75 Å². The minimum Gasteiger partial charge on any atom is -0.482 e. The van der Waals surface area contributed by atoms with Gasteiger partial charge in [-0.25, -0.2) is 15.0 Å². The second-order valence-electron chi connectivity index (χ2n) is 6.49. The zero-order valence-corrected chi connectivity index (χ0v) is 18.1. The van der Waals surface area contributed by atoms with Crippen LogP contribution in [0.4, 0.5) is 4.79 Å². The number of hydrazone groups is 1. The van der Waals surface area contributed by atoms with Gasteiger partial charge in [-0.15, -0.1) is 0 Å². The maximum atomic E-state index is 12.3. The number of rotatable bonds is 11. The van der Waals surface area contributed by atoms with Gasteiger partial charge in [-0.05, 0) is 49.2 Å². The molecule has 2 rings (SSSR count). The smallest absolute Gasteiger partial charge is 0.407 e. The number of hydrogen-bond acceptors (Lipinski definition) is 7. The quantitative estimate of drug-likeness (QED) is 0.315. The summed E-state index contributed by atoms with van der Waals surface area (Å²) in [5, 5.41) is 6.64. The molecule has 170 valence electrons. The maximum Gasteiger partial charge on any atom is 0.407 e. The predicted octanol–water partition coefficient (Wildman–Crippen LogP) is 2.96. The SMILES string of the molecule is CCOC(=O)COc1ccc(/C=N\NC(=O)C[C@H](NC(=O)OCC)c2ccccc2)cc1. The first-order valence-electron chi connectivity index (χ1n) is 10.2. The van der Waals surface area contributed by atoms with Crippen LogP contribution in [0.5, 0.6) is 5.75 Å². The number of carbonyl (C=O) groups is 3. The molecule has 0 aliphatic heterocycles. The zero-order valence-electron chi connectivity index (χ0n) is 18.1. The second kappa shape index (κ2) is 13.4. The number of benzene rings is 2. The molecule has 0 fully saturated rings. The lowest BCUT2D eigenvalue weighted by atomic mass is 10.0. The van der Waals surface area contributed by atoms with Gasteiger partial charge in [0.2, 0.25) is 5.91 Å². The lowest BCUT2D eigenvalue weighted by molar-refractivity contribution is -0.145. The molecular formula is C23H27N3O6. The number of esters is 1. The van der Waals surface area contributed by atoms with E-state index < -0.39 is 18.1 Å². The Bertz CT molecular complexity index is 900. The molecule has 2 amide bonds. The summed E-state index contributed by atoms with van der Waals surface area (Å²) in [4.78, 5) is 35.5. The van der Waals surface area contributed by atoms with Crippen LogP contribution in [0.1, 0.15) is 37.4 Å². The summed E-state index contributed by atoms with van der Waals surface area (Å²) in [7, 11) is 0. The molecule has 32 heavy (non-hydrogen) atoms. The molecule has 0 bridgehead atoms. The molecule has 0 spiro atoms. The fourth-order valence-electron chi connectivity index (χ4n) is 2.66. The van der Waals surface area contributed by atoms with Crippen molar-refractivity contribution in [3.63, 3.8) is 0 Å². The summed E-state index contributed by atoms with van der Waals surface area (Å²) < 4.78 is 15.0. The van der Waals surface area contributed by atoms with Crippen molar-refractivity contribution in [2.24, 2.45) is 5.10 Å². The fraction of sp³-hybridized carbons (Fsp3) is 0.304. The van der Waals surface area contributed by atoms with Gasteiger partial charge in [0.05, 0.1) is 31.9 Å². The maximum absolute atomic E-state index is 12.3. The van der Waals surface area contributed by atoms with E-state index in [0.29, 0.717) is 12.4 Å². The highest BCUT2D eigenvalue weighted by Crippen LogP contribution is 2.17. The van der Waals surface area contributed by atoms with Crippen LogP contribution < -0.4 is 15.5 Å². The van der Waals surface area contributed by atoms with E-state index in [0.717, 1.165) is 11.1 Å². The molecule has 0 saturated heterocycles.